The zero-order valence-corrected chi connectivity index (χ0v) is 6.17. The van der Waals surface area contributed by atoms with Crippen LogP contribution in [0.5, 0.6) is 0 Å². The van der Waals surface area contributed by atoms with Gasteiger partial charge in [-0.05, 0) is 12.1 Å². The first kappa shape index (κ1) is 6.42. The summed E-state index contributed by atoms with van der Waals surface area (Å²) in [6.45, 7) is 0. The van der Waals surface area contributed by atoms with E-state index in [0.29, 0.717) is 16.4 Å². The summed E-state index contributed by atoms with van der Waals surface area (Å²) in [6.07, 6.45) is 0. The van der Waals surface area contributed by atoms with Gasteiger partial charge in [0, 0.05) is 0 Å². The van der Waals surface area contributed by atoms with Crippen LogP contribution in [-0.4, -0.2) is 9.97 Å². The molecule has 2 aromatic rings. The van der Waals surface area contributed by atoms with Crippen molar-refractivity contribution < 1.29 is 4.42 Å². The standard InChI is InChI=1S/C6H4ClN3O/c7-4-2-1-3-5(10-4)11-6(8)9-3/h1-2H,(H2,8,9). The Morgan fingerprint density at radius 1 is 1.36 bits per heavy atom. The third-order valence-corrected chi connectivity index (χ3v) is 1.45. The lowest BCUT2D eigenvalue weighted by Crippen LogP contribution is -1.80. The molecule has 56 valence electrons. The van der Waals surface area contributed by atoms with Crippen LogP contribution in [0.1, 0.15) is 0 Å². The number of hydrogen-bond acceptors (Lipinski definition) is 4. The van der Waals surface area contributed by atoms with Crippen molar-refractivity contribution >= 4 is 28.8 Å². The largest absolute Gasteiger partial charge is 0.404 e. The molecule has 0 atom stereocenters. The van der Waals surface area contributed by atoms with Crippen molar-refractivity contribution in [2.24, 2.45) is 0 Å². The highest BCUT2D eigenvalue weighted by Crippen LogP contribution is 2.16. The highest BCUT2D eigenvalue weighted by molar-refractivity contribution is 6.29. The number of halogens is 1. The number of oxazole rings is 1. The summed E-state index contributed by atoms with van der Waals surface area (Å²) in [6, 6.07) is 3.44. The number of nitrogens with zero attached hydrogens (tertiary/aromatic N) is 2. The van der Waals surface area contributed by atoms with E-state index in [1.807, 2.05) is 0 Å². The van der Waals surface area contributed by atoms with Crippen molar-refractivity contribution in [3.05, 3.63) is 17.3 Å². The summed E-state index contributed by atoms with van der Waals surface area (Å²) in [5.74, 6) is 0. The molecule has 0 bridgehead atoms. The van der Waals surface area contributed by atoms with Crippen LogP contribution in [0.25, 0.3) is 11.2 Å². The van der Waals surface area contributed by atoms with Gasteiger partial charge in [-0.25, -0.2) is 0 Å². The first-order valence-corrected chi connectivity index (χ1v) is 3.32. The fourth-order valence-electron chi connectivity index (χ4n) is 0.811. The molecular formula is C6H4ClN3O. The van der Waals surface area contributed by atoms with Crippen LogP contribution in [0.4, 0.5) is 6.01 Å². The van der Waals surface area contributed by atoms with Crippen LogP contribution in [0.2, 0.25) is 5.15 Å². The zero-order valence-electron chi connectivity index (χ0n) is 5.41. The number of fused-ring (bicyclic) bond motifs is 1. The van der Waals surface area contributed by atoms with E-state index < -0.39 is 0 Å². The van der Waals surface area contributed by atoms with Gasteiger partial charge in [-0.15, -0.1) is 0 Å². The molecule has 0 spiro atoms. The Morgan fingerprint density at radius 3 is 3.00 bits per heavy atom. The lowest BCUT2D eigenvalue weighted by atomic mass is 10.4. The second-order valence-electron chi connectivity index (χ2n) is 2.01. The Morgan fingerprint density at radius 2 is 2.18 bits per heavy atom. The fourth-order valence-corrected chi connectivity index (χ4v) is 0.951. The molecule has 2 heterocycles. The predicted molar refractivity (Wildman–Crippen MR) is 41.2 cm³/mol. The average molecular weight is 170 g/mol. The molecule has 0 saturated heterocycles. The van der Waals surface area contributed by atoms with Crippen LogP contribution in [0.3, 0.4) is 0 Å². The molecule has 0 aliphatic carbocycles. The van der Waals surface area contributed by atoms with Crippen LogP contribution < -0.4 is 5.73 Å². The first-order chi connectivity index (χ1) is 5.25. The SMILES string of the molecule is Nc1nc2ccc(Cl)nc2o1. The van der Waals surface area contributed by atoms with Gasteiger partial charge in [0.25, 0.3) is 6.01 Å². The van der Waals surface area contributed by atoms with Gasteiger partial charge in [-0.2, -0.15) is 9.97 Å². The molecule has 4 nitrogen and oxygen atoms in total. The molecule has 0 aliphatic heterocycles. The minimum absolute atomic E-state index is 0.106. The maximum atomic E-state index is 5.59. The van der Waals surface area contributed by atoms with E-state index in [-0.39, 0.29) is 6.01 Å². The van der Waals surface area contributed by atoms with E-state index in [0.717, 1.165) is 0 Å². The molecule has 0 aromatic carbocycles. The Kier molecular flexibility index (Phi) is 1.22. The molecule has 0 saturated carbocycles. The number of nitrogen functional groups attached to an aromatic ring is 1. The maximum Gasteiger partial charge on any atom is 0.294 e. The number of aromatic nitrogens is 2. The number of hydrogen-bond donors (Lipinski definition) is 1. The van der Waals surface area contributed by atoms with Crippen molar-refractivity contribution in [2.75, 3.05) is 5.73 Å². The number of nitrogens with two attached hydrogens (primary N) is 1. The third kappa shape index (κ3) is 1.01. The van der Waals surface area contributed by atoms with E-state index in [9.17, 15) is 0 Å². The van der Waals surface area contributed by atoms with Crippen LogP contribution in [0, 0.1) is 0 Å². The first-order valence-electron chi connectivity index (χ1n) is 2.94. The topological polar surface area (TPSA) is 64.9 Å². The monoisotopic (exact) mass is 169 g/mol. The summed E-state index contributed by atoms with van der Waals surface area (Å²) in [5, 5.41) is 0.369. The fraction of sp³-hybridized carbons (Fsp3) is 0. The molecule has 0 aliphatic rings. The van der Waals surface area contributed by atoms with Gasteiger partial charge in [0.15, 0.2) is 0 Å². The molecule has 2 aromatic heterocycles. The van der Waals surface area contributed by atoms with Crippen molar-refractivity contribution in [1.29, 1.82) is 0 Å². The Balaban J connectivity index is 2.82. The molecule has 2 N–H and O–H groups in total. The lowest BCUT2D eigenvalue weighted by molar-refractivity contribution is 0.614. The molecule has 0 unspecified atom stereocenters. The van der Waals surface area contributed by atoms with Crippen molar-refractivity contribution in [3.63, 3.8) is 0 Å². The van der Waals surface area contributed by atoms with Gasteiger partial charge in [0.2, 0.25) is 5.71 Å². The third-order valence-electron chi connectivity index (χ3n) is 1.24. The summed E-state index contributed by atoms with van der Waals surface area (Å²) >= 11 is 5.59. The van der Waals surface area contributed by atoms with Crippen molar-refractivity contribution in [1.82, 2.24) is 9.97 Å². The summed E-state index contributed by atoms with van der Waals surface area (Å²) in [4.78, 5) is 7.70. The van der Waals surface area contributed by atoms with Crippen LogP contribution in [0.15, 0.2) is 16.5 Å². The van der Waals surface area contributed by atoms with Crippen molar-refractivity contribution in [3.8, 4) is 0 Å². The Bertz CT molecular complexity index is 398. The predicted octanol–water partition coefficient (Wildman–Crippen LogP) is 1.46. The maximum absolute atomic E-state index is 5.59. The molecule has 0 amide bonds. The van der Waals surface area contributed by atoms with E-state index in [2.05, 4.69) is 9.97 Å². The highest BCUT2D eigenvalue weighted by atomic mass is 35.5. The second-order valence-corrected chi connectivity index (χ2v) is 2.40. The quantitative estimate of drug-likeness (QED) is 0.607. The minimum atomic E-state index is 0.106. The van der Waals surface area contributed by atoms with Gasteiger partial charge in [0.1, 0.15) is 10.7 Å². The summed E-state index contributed by atoms with van der Waals surface area (Å²) < 4.78 is 4.92. The molecule has 11 heavy (non-hydrogen) atoms. The van der Waals surface area contributed by atoms with Gasteiger partial charge >= 0.3 is 0 Å². The van der Waals surface area contributed by atoms with E-state index in [1.54, 1.807) is 12.1 Å². The molecular weight excluding hydrogens is 166 g/mol. The summed E-state index contributed by atoms with van der Waals surface area (Å²) in [5.41, 5.74) is 6.27. The number of rotatable bonds is 0. The Hall–Kier alpha value is -1.29. The Labute approximate surface area is 67.0 Å². The van der Waals surface area contributed by atoms with Crippen LogP contribution in [-0.2, 0) is 0 Å². The van der Waals surface area contributed by atoms with Crippen molar-refractivity contribution in [2.45, 2.75) is 0 Å². The van der Waals surface area contributed by atoms with Gasteiger partial charge in [-0.3, -0.25) is 0 Å². The smallest absolute Gasteiger partial charge is 0.294 e. The van der Waals surface area contributed by atoms with E-state index in [1.165, 1.54) is 0 Å². The summed E-state index contributed by atoms with van der Waals surface area (Å²) in [7, 11) is 0. The van der Waals surface area contributed by atoms with Gasteiger partial charge in [-0.1, -0.05) is 11.6 Å². The van der Waals surface area contributed by atoms with Gasteiger partial charge in [0.05, 0.1) is 0 Å². The molecule has 5 heteroatoms. The zero-order chi connectivity index (χ0) is 7.84. The molecule has 0 radical (unpaired) electrons. The molecule has 0 fully saturated rings. The molecule has 2 rings (SSSR count). The second kappa shape index (κ2) is 2.10. The van der Waals surface area contributed by atoms with Gasteiger partial charge < -0.3 is 10.2 Å². The normalized spacial score (nSPS) is 10.6. The number of pyridine rings is 1. The highest BCUT2D eigenvalue weighted by Gasteiger charge is 2.02. The minimum Gasteiger partial charge on any atom is -0.404 e. The average Bonchev–Trinajstić information content (AvgIpc) is 2.27. The van der Waals surface area contributed by atoms with E-state index >= 15 is 0 Å². The number of anilines is 1. The van der Waals surface area contributed by atoms with Crippen LogP contribution >= 0.6 is 11.6 Å². The lowest BCUT2D eigenvalue weighted by Gasteiger charge is -1.84. The van der Waals surface area contributed by atoms with E-state index in [4.69, 9.17) is 21.8 Å².